The summed E-state index contributed by atoms with van der Waals surface area (Å²) in [6.45, 7) is 4.19. The quantitative estimate of drug-likeness (QED) is 0.374. The summed E-state index contributed by atoms with van der Waals surface area (Å²) < 4.78 is 22.7. The van der Waals surface area contributed by atoms with Crippen LogP contribution in [0.2, 0.25) is 10.0 Å². The Morgan fingerprint density at radius 1 is 1.09 bits per heavy atom. The van der Waals surface area contributed by atoms with E-state index in [2.05, 4.69) is 15.5 Å². The van der Waals surface area contributed by atoms with Gasteiger partial charge in [-0.25, -0.2) is 9.07 Å². The molecule has 1 N–H and O–H groups in total. The standard InChI is InChI=1S/C23H20Cl2FN5O2/c1-14-6-7-21(15(2)10-14)33-13-30-9-8-20(28-30)23(32)27-22-18(25)12-31(29-22)11-16-17(24)4-3-5-19(16)26/h3-10,12H,11,13H2,1-2H3,(H,27,29,32). The number of aromatic nitrogens is 4. The third kappa shape index (κ3) is 5.35. The molecule has 170 valence electrons. The first-order chi connectivity index (χ1) is 15.8. The molecule has 2 aromatic heterocycles. The highest BCUT2D eigenvalue weighted by molar-refractivity contribution is 6.33. The number of nitrogens with one attached hydrogen (secondary N) is 1. The van der Waals surface area contributed by atoms with Crippen molar-refractivity contribution in [2.24, 2.45) is 0 Å². The summed E-state index contributed by atoms with van der Waals surface area (Å²) in [4.78, 5) is 12.6. The van der Waals surface area contributed by atoms with Crippen LogP contribution in [0.3, 0.4) is 0 Å². The lowest BCUT2D eigenvalue weighted by atomic mass is 10.1. The van der Waals surface area contributed by atoms with Gasteiger partial charge in [-0.15, -0.1) is 0 Å². The summed E-state index contributed by atoms with van der Waals surface area (Å²) >= 11 is 12.3. The van der Waals surface area contributed by atoms with Crippen molar-refractivity contribution >= 4 is 34.9 Å². The van der Waals surface area contributed by atoms with E-state index in [1.807, 2.05) is 32.0 Å². The topological polar surface area (TPSA) is 74.0 Å². The molecule has 0 radical (unpaired) electrons. The van der Waals surface area contributed by atoms with E-state index in [-0.39, 0.29) is 40.4 Å². The predicted molar refractivity (Wildman–Crippen MR) is 124 cm³/mol. The van der Waals surface area contributed by atoms with Crippen LogP contribution < -0.4 is 10.1 Å². The fraction of sp³-hybridized carbons (Fsp3) is 0.174. The lowest BCUT2D eigenvalue weighted by molar-refractivity contribution is 0.101. The van der Waals surface area contributed by atoms with E-state index in [0.29, 0.717) is 0 Å². The van der Waals surface area contributed by atoms with Gasteiger partial charge in [0.15, 0.2) is 18.2 Å². The van der Waals surface area contributed by atoms with Crippen molar-refractivity contribution in [3.05, 3.63) is 93.1 Å². The Morgan fingerprint density at radius 2 is 1.91 bits per heavy atom. The van der Waals surface area contributed by atoms with Crippen LogP contribution in [-0.4, -0.2) is 25.5 Å². The van der Waals surface area contributed by atoms with Gasteiger partial charge in [0.1, 0.15) is 16.6 Å². The molecular weight excluding hydrogens is 468 g/mol. The minimum atomic E-state index is -0.489. The van der Waals surface area contributed by atoms with Crippen molar-refractivity contribution in [2.45, 2.75) is 27.1 Å². The maximum atomic E-state index is 14.0. The number of hydrogen-bond donors (Lipinski definition) is 1. The molecule has 0 aliphatic rings. The summed E-state index contributed by atoms with van der Waals surface area (Å²) in [5, 5.41) is 11.6. The Kier molecular flexibility index (Phi) is 6.67. The largest absolute Gasteiger partial charge is 0.471 e. The Hall–Kier alpha value is -3.36. The monoisotopic (exact) mass is 487 g/mol. The van der Waals surface area contributed by atoms with Gasteiger partial charge in [-0.3, -0.25) is 9.48 Å². The van der Waals surface area contributed by atoms with E-state index in [0.717, 1.165) is 16.9 Å². The first-order valence-corrected chi connectivity index (χ1v) is 10.8. The van der Waals surface area contributed by atoms with Crippen molar-refractivity contribution in [2.75, 3.05) is 5.32 Å². The summed E-state index contributed by atoms with van der Waals surface area (Å²) in [6, 6.07) is 11.9. The number of hydrogen-bond acceptors (Lipinski definition) is 4. The zero-order valence-corrected chi connectivity index (χ0v) is 19.4. The average Bonchev–Trinajstić information content (AvgIpc) is 3.37. The average molecular weight is 488 g/mol. The number of halogens is 3. The van der Waals surface area contributed by atoms with Crippen molar-refractivity contribution < 1.29 is 13.9 Å². The third-order valence-corrected chi connectivity index (χ3v) is 5.52. The molecule has 4 aromatic rings. The van der Waals surface area contributed by atoms with Gasteiger partial charge in [0.2, 0.25) is 0 Å². The molecule has 2 aromatic carbocycles. The number of aryl methyl sites for hydroxylation is 2. The molecular formula is C23H20Cl2FN5O2. The lowest BCUT2D eigenvalue weighted by Crippen LogP contribution is -2.15. The molecule has 10 heteroatoms. The van der Waals surface area contributed by atoms with Crippen LogP contribution in [0.25, 0.3) is 0 Å². The molecule has 2 heterocycles. The SMILES string of the molecule is Cc1ccc(OCn2ccc(C(=O)Nc3nn(Cc4c(F)cccc4Cl)cc3Cl)n2)c(C)c1. The van der Waals surface area contributed by atoms with Crippen LogP contribution in [0.4, 0.5) is 10.2 Å². The van der Waals surface area contributed by atoms with E-state index >= 15 is 0 Å². The van der Waals surface area contributed by atoms with Crippen LogP contribution in [0, 0.1) is 19.7 Å². The Bertz CT molecular complexity index is 1300. The van der Waals surface area contributed by atoms with Gasteiger partial charge in [-0.2, -0.15) is 10.2 Å². The number of carbonyl (C=O) groups is 1. The molecule has 0 unspecified atom stereocenters. The molecule has 0 bridgehead atoms. The Balaban J connectivity index is 1.40. The molecule has 33 heavy (non-hydrogen) atoms. The Morgan fingerprint density at radius 3 is 2.67 bits per heavy atom. The van der Waals surface area contributed by atoms with Gasteiger partial charge in [-0.05, 0) is 43.7 Å². The van der Waals surface area contributed by atoms with E-state index in [4.69, 9.17) is 27.9 Å². The number of amides is 1. The number of ether oxygens (including phenoxy) is 1. The zero-order valence-electron chi connectivity index (χ0n) is 17.8. The molecule has 4 rings (SSSR count). The highest BCUT2D eigenvalue weighted by Crippen LogP contribution is 2.24. The van der Waals surface area contributed by atoms with Crippen molar-refractivity contribution in [3.8, 4) is 5.75 Å². The normalized spacial score (nSPS) is 10.9. The predicted octanol–water partition coefficient (Wildman–Crippen LogP) is 5.48. The second-order valence-electron chi connectivity index (χ2n) is 7.46. The van der Waals surface area contributed by atoms with Crippen LogP contribution in [0.15, 0.2) is 54.9 Å². The summed E-state index contributed by atoms with van der Waals surface area (Å²) in [6.07, 6.45) is 3.12. The number of benzene rings is 2. The summed E-state index contributed by atoms with van der Waals surface area (Å²) in [5.74, 6) is -0.0609. The number of carbonyl (C=O) groups excluding carboxylic acids is 1. The van der Waals surface area contributed by atoms with Gasteiger partial charge < -0.3 is 10.1 Å². The fourth-order valence-electron chi connectivity index (χ4n) is 3.23. The maximum Gasteiger partial charge on any atom is 0.277 e. The molecule has 0 atom stereocenters. The smallest absolute Gasteiger partial charge is 0.277 e. The van der Waals surface area contributed by atoms with Crippen molar-refractivity contribution in [1.29, 1.82) is 0 Å². The molecule has 1 amide bonds. The van der Waals surface area contributed by atoms with Gasteiger partial charge in [0, 0.05) is 23.0 Å². The molecule has 0 aliphatic heterocycles. The van der Waals surface area contributed by atoms with Gasteiger partial charge in [-0.1, -0.05) is 47.0 Å². The van der Waals surface area contributed by atoms with Crippen LogP contribution in [-0.2, 0) is 13.3 Å². The summed E-state index contributed by atoms with van der Waals surface area (Å²) in [5.41, 5.74) is 2.61. The van der Waals surface area contributed by atoms with E-state index in [1.165, 1.54) is 27.7 Å². The zero-order chi connectivity index (χ0) is 23.5. The molecule has 0 spiro atoms. The first kappa shape index (κ1) is 22.8. The lowest BCUT2D eigenvalue weighted by Gasteiger charge is -2.09. The number of anilines is 1. The van der Waals surface area contributed by atoms with Crippen molar-refractivity contribution in [1.82, 2.24) is 19.6 Å². The minimum absolute atomic E-state index is 0.0610. The third-order valence-electron chi connectivity index (χ3n) is 4.89. The van der Waals surface area contributed by atoms with Crippen LogP contribution in [0.1, 0.15) is 27.2 Å². The highest BCUT2D eigenvalue weighted by atomic mass is 35.5. The van der Waals surface area contributed by atoms with Gasteiger partial charge in [0.25, 0.3) is 5.91 Å². The second-order valence-corrected chi connectivity index (χ2v) is 8.27. The highest BCUT2D eigenvalue weighted by Gasteiger charge is 2.16. The number of nitrogens with zero attached hydrogens (tertiary/aromatic N) is 4. The molecule has 0 fully saturated rings. The minimum Gasteiger partial charge on any atom is -0.471 e. The Labute approximate surface area is 199 Å². The second kappa shape index (κ2) is 9.64. The molecule has 0 saturated carbocycles. The van der Waals surface area contributed by atoms with E-state index in [9.17, 15) is 9.18 Å². The summed E-state index contributed by atoms with van der Waals surface area (Å²) in [7, 11) is 0. The van der Waals surface area contributed by atoms with Gasteiger partial charge in [0.05, 0.1) is 6.54 Å². The van der Waals surface area contributed by atoms with Crippen LogP contribution in [0.5, 0.6) is 5.75 Å². The first-order valence-electron chi connectivity index (χ1n) is 10.0. The fourth-order valence-corrected chi connectivity index (χ4v) is 3.65. The molecule has 7 nitrogen and oxygen atoms in total. The van der Waals surface area contributed by atoms with Crippen molar-refractivity contribution in [3.63, 3.8) is 0 Å². The maximum absolute atomic E-state index is 14.0. The van der Waals surface area contributed by atoms with E-state index in [1.54, 1.807) is 18.3 Å². The van der Waals surface area contributed by atoms with Gasteiger partial charge >= 0.3 is 0 Å². The molecule has 0 saturated heterocycles. The van der Waals surface area contributed by atoms with Crippen LogP contribution >= 0.6 is 23.2 Å². The molecule has 0 aliphatic carbocycles. The number of rotatable bonds is 7. The van der Waals surface area contributed by atoms with E-state index < -0.39 is 11.7 Å².